The van der Waals surface area contributed by atoms with Crippen LogP contribution in [0.2, 0.25) is 0 Å². The van der Waals surface area contributed by atoms with Crippen molar-refractivity contribution in [3.05, 3.63) is 27.8 Å². The Morgan fingerprint density at radius 3 is 3.00 bits per heavy atom. The number of amides is 1. The molecule has 0 radical (unpaired) electrons. The fraction of sp³-hybridized carbons (Fsp3) is 0.600. The van der Waals surface area contributed by atoms with Crippen LogP contribution in [0.15, 0.2) is 9.90 Å². The van der Waals surface area contributed by atoms with E-state index in [0.717, 1.165) is 42.5 Å². The Kier molecular flexibility index (Phi) is 4.72. The molecule has 3 rings (SSSR count). The lowest BCUT2D eigenvalue weighted by Crippen LogP contribution is -2.24. The minimum Gasteiger partial charge on any atom is -0.348 e. The van der Waals surface area contributed by atoms with Crippen LogP contribution in [0.25, 0.3) is 0 Å². The van der Waals surface area contributed by atoms with Crippen molar-refractivity contribution in [2.24, 2.45) is 0 Å². The van der Waals surface area contributed by atoms with Crippen LogP contribution in [0.1, 0.15) is 41.3 Å². The highest BCUT2D eigenvalue weighted by Gasteiger charge is 2.30. The summed E-state index contributed by atoms with van der Waals surface area (Å²) in [5, 5.41) is 6.96. The zero-order valence-corrected chi connectivity index (χ0v) is 14.5. The second-order valence-corrected chi connectivity index (χ2v) is 6.94. The molecule has 0 N–H and O–H groups in total. The molecule has 0 saturated carbocycles. The molecule has 2 aromatic heterocycles. The molecule has 1 aliphatic heterocycles. The van der Waals surface area contributed by atoms with Gasteiger partial charge < -0.3 is 9.42 Å². The monoisotopic (exact) mass is 335 g/mol. The van der Waals surface area contributed by atoms with Gasteiger partial charge in [-0.3, -0.25) is 9.69 Å². The van der Waals surface area contributed by atoms with Gasteiger partial charge in [0.05, 0.1) is 18.2 Å². The zero-order chi connectivity index (χ0) is 16.4. The van der Waals surface area contributed by atoms with Crippen LogP contribution in [-0.2, 0) is 17.8 Å². The fourth-order valence-corrected chi connectivity index (χ4v) is 3.53. The van der Waals surface area contributed by atoms with E-state index in [1.165, 1.54) is 0 Å². The molecule has 0 unspecified atom stereocenters. The minimum absolute atomic E-state index is 0.0761. The summed E-state index contributed by atoms with van der Waals surface area (Å²) >= 11 is 1.54. The summed E-state index contributed by atoms with van der Waals surface area (Å²) < 4.78 is 5.10. The Morgan fingerprint density at radius 2 is 2.30 bits per heavy atom. The molecule has 0 bridgehead atoms. The number of hydrogen-bond donors (Lipinski definition) is 0. The van der Waals surface area contributed by atoms with Crippen LogP contribution in [0, 0.1) is 6.92 Å². The summed E-state index contributed by atoms with van der Waals surface area (Å²) in [5.41, 5.74) is 1.00. The van der Waals surface area contributed by atoms with Gasteiger partial charge in [0.15, 0.2) is 5.82 Å². The van der Waals surface area contributed by atoms with Crippen molar-refractivity contribution in [3.63, 3.8) is 0 Å². The van der Waals surface area contributed by atoms with Crippen LogP contribution in [0.5, 0.6) is 0 Å². The maximum atomic E-state index is 11.8. The molecular weight excluding hydrogens is 314 g/mol. The van der Waals surface area contributed by atoms with E-state index < -0.39 is 0 Å². The fourth-order valence-electron chi connectivity index (χ4n) is 2.76. The number of thiazole rings is 1. The van der Waals surface area contributed by atoms with E-state index in [1.54, 1.807) is 30.3 Å². The molecule has 7 nitrogen and oxygen atoms in total. The Balaban J connectivity index is 1.65. The van der Waals surface area contributed by atoms with E-state index >= 15 is 0 Å². The van der Waals surface area contributed by atoms with Gasteiger partial charge >= 0.3 is 0 Å². The molecule has 2 aromatic rings. The molecular formula is C15H21N5O2S. The van der Waals surface area contributed by atoms with E-state index in [0.29, 0.717) is 12.3 Å². The van der Waals surface area contributed by atoms with Gasteiger partial charge in [0.1, 0.15) is 5.01 Å². The quantitative estimate of drug-likeness (QED) is 0.829. The molecule has 124 valence electrons. The van der Waals surface area contributed by atoms with Crippen molar-refractivity contribution >= 4 is 17.2 Å². The predicted molar refractivity (Wildman–Crippen MR) is 85.9 cm³/mol. The van der Waals surface area contributed by atoms with Gasteiger partial charge in [-0.25, -0.2) is 4.98 Å². The normalized spacial score (nSPS) is 18.5. The number of likely N-dealkylation sites (N-methyl/N-ethyl adjacent to an activating group) is 1. The van der Waals surface area contributed by atoms with Gasteiger partial charge in [0.25, 0.3) is 0 Å². The zero-order valence-electron chi connectivity index (χ0n) is 13.7. The van der Waals surface area contributed by atoms with E-state index in [-0.39, 0.29) is 11.9 Å². The molecule has 23 heavy (non-hydrogen) atoms. The Morgan fingerprint density at radius 1 is 1.48 bits per heavy atom. The van der Waals surface area contributed by atoms with Gasteiger partial charge in [-0.05, 0) is 19.4 Å². The van der Waals surface area contributed by atoms with Crippen LogP contribution >= 0.6 is 11.3 Å². The molecule has 1 saturated heterocycles. The summed E-state index contributed by atoms with van der Waals surface area (Å²) in [6.07, 6.45) is 2.52. The summed E-state index contributed by atoms with van der Waals surface area (Å²) in [4.78, 5) is 24.6. The molecule has 1 atom stereocenters. The van der Waals surface area contributed by atoms with Gasteiger partial charge in [-0.15, -0.1) is 11.3 Å². The smallest absolute Gasteiger partial charge is 0.228 e. The lowest BCUT2D eigenvalue weighted by atomic mass is 10.2. The topological polar surface area (TPSA) is 75.4 Å². The second kappa shape index (κ2) is 6.76. The van der Waals surface area contributed by atoms with Gasteiger partial charge in [-0.2, -0.15) is 4.98 Å². The van der Waals surface area contributed by atoms with Gasteiger partial charge in [0, 0.05) is 32.9 Å². The number of nitrogens with zero attached hydrogens (tertiary/aromatic N) is 5. The average molecular weight is 335 g/mol. The lowest BCUT2D eigenvalue weighted by molar-refractivity contribution is -0.127. The number of hydrogen-bond acceptors (Lipinski definition) is 7. The molecule has 0 aliphatic carbocycles. The highest BCUT2D eigenvalue weighted by atomic mass is 32.1. The number of carbonyl (C=O) groups is 1. The first-order chi connectivity index (χ1) is 11.0. The third-order valence-corrected chi connectivity index (χ3v) is 4.87. The van der Waals surface area contributed by atoms with Crippen molar-refractivity contribution in [1.29, 1.82) is 0 Å². The first kappa shape index (κ1) is 16.1. The summed E-state index contributed by atoms with van der Waals surface area (Å²) in [5.74, 6) is 1.44. The molecule has 1 aliphatic rings. The largest absolute Gasteiger partial charge is 0.348 e. The molecule has 0 aromatic carbocycles. The third kappa shape index (κ3) is 3.76. The second-order valence-electron chi connectivity index (χ2n) is 6.00. The highest BCUT2D eigenvalue weighted by Crippen LogP contribution is 2.31. The SMILES string of the molecule is Cc1nc([C@@H]2CCCN2Cc2csc(CC(=O)N(C)C)n2)no1. The van der Waals surface area contributed by atoms with Crippen LogP contribution in [-0.4, -0.2) is 51.5 Å². The van der Waals surface area contributed by atoms with Crippen molar-refractivity contribution in [2.75, 3.05) is 20.6 Å². The first-order valence-electron chi connectivity index (χ1n) is 7.70. The summed E-state index contributed by atoms with van der Waals surface area (Å²) in [6.45, 7) is 3.57. The lowest BCUT2D eigenvalue weighted by Gasteiger charge is -2.20. The van der Waals surface area contributed by atoms with Gasteiger partial charge in [-0.1, -0.05) is 5.16 Å². The average Bonchev–Trinajstić information content (AvgIpc) is 3.21. The summed E-state index contributed by atoms with van der Waals surface area (Å²) in [7, 11) is 3.52. The van der Waals surface area contributed by atoms with Crippen molar-refractivity contribution in [1.82, 2.24) is 24.9 Å². The van der Waals surface area contributed by atoms with E-state index in [1.807, 2.05) is 12.3 Å². The Bertz CT molecular complexity index is 681. The molecule has 1 fully saturated rings. The maximum absolute atomic E-state index is 11.8. The number of aryl methyl sites for hydroxylation is 1. The third-order valence-electron chi connectivity index (χ3n) is 3.97. The van der Waals surface area contributed by atoms with Crippen molar-refractivity contribution in [3.8, 4) is 0 Å². The first-order valence-corrected chi connectivity index (χ1v) is 8.58. The highest BCUT2D eigenvalue weighted by molar-refractivity contribution is 7.09. The Hall–Kier alpha value is -1.80. The standard InChI is InChI=1S/C15H21N5O2S/c1-10-16-15(18-22-10)12-5-4-6-20(12)8-11-9-23-13(17-11)7-14(21)19(2)3/h9,12H,4-8H2,1-3H3/t12-/m0/s1. The van der Waals surface area contributed by atoms with E-state index in [9.17, 15) is 4.79 Å². The van der Waals surface area contributed by atoms with Crippen molar-refractivity contribution in [2.45, 2.75) is 38.8 Å². The molecule has 0 spiro atoms. The number of likely N-dealkylation sites (tertiary alicyclic amines) is 1. The molecule has 3 heterocycles. The van der Waals surface area contributed by atoms with Crippen molar-refractivity contribution < 1.29 is 9.32 Å². The summed E-state index contributed by atoms with van der Waals surface area (Å²) in [6, 6.07) is 0.195. The molecule has 8 heteroatoms. The predicted octanol–water partition coefficient (Wildman–Crippen LogP) is 1.80. The minimum atomic E-state index is 0.0761. The number of carbonyl (C=O) groups excluding carboxylic acids is 1. The molecule has 1 amide bonds. The van der Waals surface area contributed by atoms with Crippen LogP contribution in [0.3, 0.4) is 0 Å². The van der Waals surface area contributed by atoms with E-state index in [4.69, 9.17) is 4.52 Å². The maximum Gasteiger partial charge on any atom is 0.228 e. The number of aromatic nitrogens is 3. The number of rotatable bonds is 5. The van der Waals surface area contributed by atoms with Crippen LogP contribution < -0.4 is 0 Å². The van der Waals surface area contributed by atoms with E-state index in [2.05, 4.69) is 20.0 Å². The Labute approximate surface area is 139 Å². The van der Waals surface area contributed by atoms with Gasteiger partial charge in [0.2, 0.25) is 11.8 Å². The van der Waals surface area contributed by atoms with Crippen LogP contribution in [0.4, 0.5) is 0 Å².